The van der Waals surface area contributed by atoms with Gasteiger partial charge >= 0.3 is 0 Å². The molecule has 0 fully saturated rings. The van der Waals surface area contributed by atoms with Gasteiger partial charge in [-0.15, -0.1) is 0 Å². The number of hydrogen-bond acceptors (Lipinski definition) is 5. The zero-order valence-electron chi connectivity index (χ0n) is 26.7. The monoisotopic (exact) mass is 641 g/mol. The number of benzene rings is 6. The Morgan fingerprint density at radius 2 is 0.960 bits per heavy atom. The van der Waals surface area contributed by atoms with Crippen LogP contribution in [-0.4, -0.2) is 24.5 Å². The number of hydrogen-bond donors (Lipinski definition) is 0. The molecule has 0 amide bonds. The van der Waals surface area contributed by atoms with Gasteiger partial charge in [-0.05, 0) is 24.3 Å². The molecule has 0 spiro atoms. The zero-order valence-corrected chi connectivity index (χ0v) is 26.7. The highest BCUT2D eigenvalue weighted by Crippen LogP contribution is 2.45. The van der Waals surface area contributed by atoms with Gasteiger partial charge in [0.25, 0.3) is 0 Å². The Morgan fingerprint density at radius 3 is 1.60 bits per heavy atom. The third kappa shape index (κ3) is 4.50. The van der Waals surface area contributed by atoms with Crippen molar-refractivity contribution in [3.8, 4) is 51.1 Å². The average molecular weight is 642 g/mol. The molecule has 0 aliphatic rings. The Hall–Kier alpha value is -6.92. The summed E-state index contributed by atoms with van der Waals surface area (Å²) in [5, 5.41) is 4.22. The normalized spacial score (nSPS) is 11.6. The van der Waals surface area contributed by atoms with Crippen LogP contribution in [0.5, 0.6) is 0 Å². The van der Waals surface area contributed by atoms with E-state index in [0.717, 1.165) is 77.5 Å². The van der Waals surface area contributed by atoms with Crippen LogP contribution in [0.4, 0.5) is 0 Å². The molecule has 0 saturated carbocycles. The van der Waals surface area contributed by atoms with Gasteiger partial charge in [0.2, 0.25) is 5.71 Å². The Bertz CT molecular complexity index is 2790. The molecule has 50 heavy (non-hydrogen) atoms. The van der Waals surface area contributed by atoms with Gasteiger partial charge in [-0.25, -0.2) is 19.9 Å². The van der Waals surface area contributed by atoms with Crippen LogP contribution >= 0.6 is 0 Å². The quantitative estimate of drug-likeness (QED) is 0.187. The lowest BCUT2D eigenvalue weighted by Crippen LogP contribution is -2.00. The first-order valence-electron chi connectivity index (χ1n) is 16.6. The lowest BCUT2D eigenvalue weighted by molar-refractivity contribution is 0.645. The molecule has 0 saturated heterocycles. The molecular formula is C44H27N5O. The molecule has 0 radical (unpaired) electrons. The van der Waals surface area contributed by atoms with E-state index in [1.807, 2.05) is 84.9 Å². The average Bonchev–Trinajstić information content (AvgIpc) is 3.74. The van der Waals surface area contributed by atoms with Gasteiger partial charge in [-0.1, -0.05) is 140 Å². The van der Waals surface area contributed by atoms with Crippen molar-refractivity contribution in [1.29, 1.82) is 0 Å². The van der Waals surface area contributed by atoms with Gasteiger partial charge in [0.15, 0.2) is 23.1 Å². The van der Waals surface area contributed by atoms with Crippen molar-refractivity contribution < 1.29 is 4.42 Å². The van der Waals surface area contributed by atoms with E-state index in [1.54, 1.807) is 0 Å². The number of pyridine rings is 1. The molecule has 6 aromatic carbocycles. The molecule has 4 aromatic heterocycles. The number of fused-ring (bicyclic) bond motifs is 7. The smallest absolute Gasteiger partial charge is 0.213 e. The summed E-state index contributed by atoms with van der Waals surface area (Å²) in [6, 6.07) is 55.5. The van der Waals surface area contributed by atoms with Crippen molar-refractivity contribution in [2.24, 2.45) is 0 Å². The predicted molar refractivity (Wildman–Crippen MR) is 201 cm³/mol. The van der Waals surface area contributed by atoms with Crippen LogP contribution in [0, 0.1) is 0 Å². The van der Waals surface area contributed by atoms with Crippen LogP contribution in [0.3, 0.4) is 0 Å². The van der Waals surface area contributed by atoms with Crippen molar-refractivity contribution in [2.45, 2.75) is 0 Å². The lowest BCUT2D eigenvalue weighted by Gasteiger charge is -2.10. The molecule has 0 aliphatic carbocycles. The van der Waals surface area contributed by atoms with Crippen molar-refractivity contribution in [1.82, 2.24) is 24.5 Å². The molecule has 0 atom stereocenters. The van der Waals surface area contributed by atoms with E-state index in [9.17, 15) is 0 Å². The minimum Gasteiger partial charge on any atom is -0.437 e. The van der Waals surface area contributed by atoms with Gasteiger partial charge < -0.3 is 4.42 Å². The number of para-hydroxylation sites is 2. The molecule has 6 nitrogen and oxygen atoms in total. The van der Waals surface area contributed by atoms with Crippen molar-refractivity contribution in [3.63, 3.8) is 0 Å². The second-order valence-corrected chi connectivity index (χ2v) is 12.3. The molecule has 6 heteroatoms. The highest BCUT2D eigenvalue weighted by molar-refractivity contribution is 6.28. The van der Waals surface area contributed by atoms with Crippen molar-refractivity contribution >= 4 is 43.9 Å². The Kier molecular flexibility index (Phi) is 6.39. The second kappa shape index (κ2) is 11.4. The fourth-order valence-electron chi connectivity index (χ4n) is 6.95. The Morgan fingerprint density at radius 1 is 0.420 bits per heavy atom. The highest BCUT2D eigenvalue weighted by Gasteiger charge is 2.24. The summed E-state index contributed by atoms with van der Waals surface area (Å²) in [6.07, 6.45) is 0. The summed E-state index contributed by atoms with van der Waals surface area (Å²) < 4.78 is 9.14. The summed E-state index contributed by atoms with van der Waals surface area (Å²) in [5.41, 5.74) is 8.98. The first-order valence-corrected chi connectivity index (χ1v) is 16.6. The van der Waals surface area contributed by atoms with E-state index >= 15 is 0 Å². The highest BCUT2D eigenvalue weighted by atomic mass is 16.3. The molecule has 10 rings (SSSR count). The Labute approximate surface area is 287 Å². The first-order chi connectivity index (χ1) is 24.8. The van der Waals surface area contributed by atoms with Crippen LogP contribution < -0.4 is 0 Å². The first kappa shape index (κ1) is 28.1. The maximum Gasteiger partial charge on any atom is 0.213 e. The number of furan rings is 1. The SMILES string of the molecule is c1ccc(-c2nc(-c3ccccc3)nc(-c3ccc4c(c3)nc(-c3ccccc3)c3oc5c(c6ccccc6n5-c5ccccc5)c34)n2)cc1. The standard InChI is InChI=1S/C44H27N5O/c1-5-15-28(16-6-1)39-40-37(38-34-23-13-14-24-36(34)49(44(38)50-40)32-21-11-4-12-22-32)33-26-25-31(27-35(33)45-39)43-47-41(29-17-7-2-8-18-29)46-42(48-43)30-19-9-3-10-20-30/h1-27H. The van der Waals surface area contributed by atoms with E-state index in [1.165, 1.54) is 0 Å². The lowest BCUT2D eigenvalue weighted by atomic mass is 10.0. The number of aromatic nitrogens is 5. The summed E-state index contributed by atoms with van der Waals surface area (Å²) in [7, 11) is 0. The zero-order chi connectivity index (χ0) is 33.0. The van der Waals surface area contributed by atoms with Crippen LogP contribution in [0.25, 0.3) is 95.0 Å². The largest absolute Gasteiger partial charge is 0.437 e. The Balaban J connectivity index is 1.27. The van der Waals surface area contributed by atoms with E-state index in [-0.39, 0.29) is 0 Å². The summed E-state index contributed by atoms with van der Waals surface area (Å²) in [4.78, 5) is 20.2. The second-order valence-electron chi connectivity index (χ2n) is 12.3. The summed E-state index contributed by atoms with van der Waals surface area (Å²) in [5.74, 6) is 1.82. The van der Waals surface area contributed by atoms with Crippen LogP contribution in [-0.2, 0) is 0 Å². The summed E-state index contributed by atoms with van der Waals surface area (Å²) in [6.45, 7) is 0. The third-order valence-electron chi connectivity index (χ3n) is 9.24. The van der Waals surface area contributed by atoms with Gasteiger partial charge in [-0.3, -0.25) is 4.57 Å². The molecule has 0 bridgehead atoms. The molecule has 234 valence electrons. The van der Waals surface area contributed by atoms with Crippen LogP contribution in [0.15, 0.2) is 168 Å². The van der Waals surface area contributed by atoms with Gasteiger partial charge in [0.05, 0.1) is 16.4 Å². The van der Waals surface area contributed by atoms with Gasteiger partial charge in [0.1, 0.15) is 5.69 Å². The van der Waals surface area contributed by atoms with Gasteiger partial charge in [0, 0.05) is 44.1 Å². The molecule has 4 heterocycles. The third-order valence-corrected chi connectivity index (χ3v) is 9.24. The molecule has 0 aliphatic heterocycles. The number of rotatable bonds is 5. The van der Waals surface area contributed by atoms with E-state index in [4.69, 9.17) is 24.4 Å². The molecular weight excluding hydrogens is 615 g/mol. The molecule has 0 N–H and O–H groups in total. The minimum absolute atomic E-state index is 0.584. The molecule has 10 aromatic rings. The maximum atomic E-state index is 6.93. The van der Waals surface area contributed by atoms with Crippen LogP contribution in [0.1, 0.15) is 0 Å². The fourth-order valence-corrected chi connectivity index (χ4v) is 6.95. The minimum atomic E-state index is 0.584. The van der Waals surface area contributed by atoms with E-state index < -0.39 is 0 Å². The number of nitrogens with zero attached hydrogens (tertiary/aromatic N) is 5. The maximum absolute atomic E-state index is 6.93. The predicted octanol–water partition coefficient (Wildman–Crippen LogP) is 10.9. The summed E-state index contributed by atoms with van der Waals surface area (Å²) >= 11 is 0. The van der Waals surface area contributed by atoms with E-state index in [0.29, 0.717) is 17.5 Å². The van der Waals surface area contributed by atoms with E-state index in [2.05, 4.69) is 83.4 Å². The van der Waals surface area contributed by atoms with Crippen molar-refractivity contribution in [3.05, 3.63) is 164 Å². The molecule has 0 unspecified atom stereocenters. The topological polar surface area (TPSA) is 69.6 Å². The fraction of sp³-hybridized carbons (Fsp3) is 0. The van der Waals surface area contributed by atoms with Crippen molar-refractivity contribution in [2.75, 3.05) is 0 Å². The van der Waals surface area contributed by atoms with Gasteiger partial charge in [-0.2, -0.15) is 0 Å². The van der Waals surface area contributed by atoms with Crippen LogP contribution in [0.2, 0.25) is 0 Å².